The largest absolute Gasteiger partial charge is 0.512 e. The molecule has 1 heterocycles. The molecule has 0 bridgehead atoms. The van der Waals surface area contributed by atoms with E-state index in [0.29, 0.717) is 24.2 Å². The normalized spacial score (nSPS) is 28.6. The summed E-state index contributed by atoms with van der Waals surface area (Å²) in [5.41, 5.74) is 2.69. The van der Waals surface area contributed by atoms with E-state index in [-0.39, 0.29) is 23.6 Å². The van der Waals surface area contributed by atoms with Gasteiger partial charge in [0.1, 0.15) is 5.76 Å². The standard InChI is InChI=1S/C20H16O4.2C2H6/c21-11-5-7-17-14(9-11)15-10-12(22)6-8-18(15)20(17)16-4-2-1-3-13(16)19(23)24-20;2*1-2/h1-5,7,9-10,14,17,21-22H,6,8H2;2*1-2H3. The van der Waals surface area contributed by atoms with Crippen LogP contribution in [0.4, 0.5) is 0 Å². The van der Waals surface area contributed by atoms with Crippen LogP contribution in [0.3, 0.4) is 0 Å². The quantitative estimate of drug-likeness (QED) is 0.550. The van der Waals surface area contributed by atoms with Crippen LogP contribution in [0.15, 0.2) is 71.2 Å². The average molecular weight is 380 g/mol. The highest BCUT2D eigenvalue weighted by Gasteiger charge is 2.60. The van der Waals surface area contributed by atoms with Crippen molar-refractivity contribution in [2.24, 2.45) is 11.8 Å². The molecule has 3 unspecified atom stereocenters. The second-order valence-electron chi connectivity index (χ2n) is 6.74. The Bertz CT molecular complexity index is 903. The van der Waals surface area contributed by atoms with Crippen molar-refractivity contribution in [3.05, 3.63) is 82.4 Å². The molecule has 1 aliphatic heterocycles. The fraction of sp³-hybridized carbons (Fsp3) is 0.375. The molecule has 0 saturated carbocycles. The zero-order valence-electron chi connectivity index (χ0n) is 16.9. The van der Waals surface area contributed by atoms with Crippen LogP contribution in [0.5, 0.6) is 0 Å². The first-order valence-electron chi connectivity index (χ1n) is 10.2. The molecule has 28 heavy (non-hydrogen) atoms. The molecule has 4 heteroatoms. The maximum atomic E-state index is 12.5. The van der Waals surface area contributed by atoms with Gasteiger partial charge >= 0.3 is 5.97 Å². The molecule has 0 fully saturated rings. The fourth-order valence-electron chi connectivity index (χ4n) is 4.68. The van der Waals surface area contributed by atoms with Gasteiger partial charge in [-0.1, -0.05) is 52.0 Å². The van der Waals surface area contributed by atoms with Gasteiger partial charge in [-0.15, -0.1) is 0 Å². The lowest BCUT2D eigenvalue weighted by Gasteiger charge is -2.35. The van der Waals surface area contributed by atoms with Crippen molar-refractivity contribution in [1.29, 1.82) is 0 Å². The molecule has 5 rings (SSSR count). The number of fused-ring (bicyclic) bond motifs is 6. The zero-order valence-corrected chi connectivity index (χ0v) is 16.9. The Balaban J connectivity index is 0.000000531. The molecule has 3 atom stereocenters. The van der Waals surface area contributed by atoms with E-state index in [1.165, 1.54) is 0 Å². The van der Waals surface area contributed by atoms with Crippen molar-refractivity contribution in [1.82, 2.24) is 0 Å². The van der Waals surface area contributed by atoms with Crippen LogP contribution in [0.2, 0.25) is 0 Å². The van der Waals surface area contributed by atoms with Gasteiger partial charge in [0.2, 0.25) is 0 Å². The first-order valence-corrected chi connectivity index (χ1v) is 10.2. The molecular weight excluding hydrogens is 352 g/mol. The van der Waals surface area contributed by atoms with Gasteiger partial charge < -0.3 is 14.9 Å². The Morgan fingerprint density at radius 1 is 1.07 bits per heavy atom. The Labute approximate surface area is 166 Å². The molecular formula is C24H28O4. The van der Waals surface area contributed by atoms with Crippen molar-refractivity contribution < 1.29 is 19.7 Å². The Kier molecular flexibility index (Phi) is 5.50. The number of aliphatic hydroxyl groups excluding tert-OH is 2. The summed E-state index contributed by atoms with van der Waals surface area (Å²) in [7, 11) is 0. The molecule has 0 radical (unpaired) electrons. The number of hydrogen-bond donors (Lipinski definition) is 2. The fourth-order valence-corrected chi connectivity index (χ4v) is 4.68. The number of aliphatic hydroxyl groups is 2. The van der Waals surface area contributed by atoms with Crippen LogP contribution in [-0.2, 0) is 10.3 Å². The van der Waals surface area contributed by atoms with Gasteiger partial charge in [0.15, 0.2) is 5.60 Å². The van der Waals surface area contributed by atoms with Gasteiger partial charge in [-0.2, -0.15) is 0 Å². The van der Waals surface area contributed by atoms with Gasteiger partial charge in [-0.05, 0) is 41.9 Å². The third-order valence-electron chi connectivity index (χ3n) is 5.59. The van der Waals surface area contributed by atoms with E-state index >= 15 is 0 Å². The van der Waals surface area contributed by atoms with E-state index in [4.69, 9.17) is 4.74 Å². The van der Waals surface area contributed by atoms with Gasteiger partial charge in [0.25, 0.3) is 0 Å². The number of hydrogen-bond acceptors (Lipinski definition) is 4. The van der Waals surface area contributed by atoms with Crippen molar-refractivity contribution in [3.8, 4) is 0 Å². The second kappa shape index (κ2) is 7.70. The molecule has 0 amide bonds. The van der Waals surface area contributed by atoms with Crippen LogP contribution >= 0.6 is 0 Å². The number of rotatable bonds is 0. The molecule has 4 nitrogen and oxygen atoms in total. The minimum absolute atomic E-state index is 0.104. The van der Waals surface area contributed by atoms with Gasteiger partial charge in [0.05, 0.1) is 11.3 Å². The summed E-state index contributed by atoms with van der Waals surface area (Å²) in [5.74, 6) is 0.0319. The van der Waals surface area contributed by atoms with Crippen molar-refractivity contribution in [2.45, 2.75) is 46.1 Å². The minimum atomic E-state index is -0.821. The van der Waals surface area contributed by atoms with E-state index in [1.54, 1.807) is 24.3 Å². The lowest BCUT2D eigenvalue weighted by Crippen LogP contribution is -2.36. The summed E-state index contributed by atoms with van der Waals surface area (Å²) in [6.45, 7) is 8.00. The third kappa shape index (κ3) is 2.70. The number of carbonyl (C=O) groups excluding carboxylic acids is 1. The number of benzene rings is 1. The Hall–Kier alpha value is -2.75. The first kappa shape index (κ1) is 20.0. The van der Waals surface area contributed by atoms with Crippen LogP contribution < -0.4 is 0 Å². The topological polar surface area (TPSA) is 66.8 Å². The SMILES string of the molecule is CC.CC.O=C1OC2(C3=C(C=C(O)CC3)C3C=C(O)C=CC32)c2ccccc21. The van der Waals surface area contributed by atoms with Crippen LogP contribution in [0.25, 0.3) is 0 Å². The Morgan fingerprint density at radius 2 is 1.79 bits per heavy atom. The van der Waals surface area contributed by atoms with Crippen molar-refractivity contribution in [3.63, 3.8) is 0 Å². The maximum Gasteiger partial charge on any atom is 0.339 e. The summed E-state index contributed by atoms with van der Waals surface area (Å²) in [6, 6.07) is 7.52. The highest BCUT2D eigenvalue weighted by molar-refractivity contribution is 5.96. The zero-order chi connectivity index (χ0) is 20.5. The van der Waals surface area contributed by atoms with Crippen molar-refractivity contribution in [2.75, 3.05) is 0 Å². The lowest BCUT2D eigenvalue weighted by atomic mass is 9.74. The number of ether oxygens (including phenoxy) is 1. The minimum Gasteiger partial charge on any atom is -0.512 e. The first-order chi connectivity index (χ1) is 13.6. The molecule has 0 saturated heterocycles. The third-order valence-corrected chi connectivity index (χ3v) is 5.59. The molecule has 1 aromatic rings. The molecule has 148 valence electrons. The van der Waals surface area contributed by atoms with E-state index in [0.717, 1.165) is 16.7 Å². The number of esters is 1. The van der Waals surface area contributed by atoms with Gasteiger partial charge in [0, 0.05) is 23.8 Å². The molecule has 3 aliphatic carbocycles. The van der Waals surface area contributed by atoms with Crippen LogP contribution in [0, 0.1) is 11.8 Å². The average Bonchev–Trinajstić information content (AvgIpc) is 3.18. The smallest absolute Gasteiger partial charge is 0.339 e. The molecule has 0 aromatic heterocycles. The van der Waals surface area contributed by atoms with E-state index in [2.05, 4.69) is 0 Å². The summed E-state index contributed by atoms with van der Waals surface area (Å²) in [5, 5.41) is 20.0. The predicted octanol–water partition coefficient (Wildman–Crippen LogP) is 5.89. The monoisotopic (exact) mass is 380 g/mol. The molecule has 2 N–H and O–H groups in total. The lowest BCUT2D eigenvalue weighted by molar-refractivity contribution is -0.00981. The van der Waals surface area contributed by atoms with E-state index < -0.39 is 5.60 Å². The summed E-state index contributed by atoms with van der Waals surface area (Å²) in [4.78, 5) is 12.5. The summed E-state index contributed by atoms with van der Waals surface area (Å²) >= 11 is 0. The Morgan fingerprint density at radius 3 is 2.54 bits per heavy atom. The highest BCUT2D eigenvalue weighted by atomic mass is 16.6. The van der Waals surface area contributed by atoms with E-state index in [9.17, 15) is 15.0 Å². The second-order valence-corrected chi connectivity index (χ2v) is 6.74. The van der Waals surface area contributed by atoms with Gasteiger partial charge in [-0.25, -0.2) is 4.79 Å². The summed E-state index contributed by atoms with van der Waals surface area (Å²) in [6.07, 6.45) is 8.35. The molecule has 1 aromatic carbocycles. The molecule has 1 spiro atoms. The van der Waals surface area contributed by atoms with Crippen molar-refractivity contribution >= 4 is 5.97 Å². The van der Waals surface area contributed by atoms with Crippen LogP contribution in [0.1, 0.15) is 56.5 Å². The van der Waals surface area contributed by atoms with E-state index in [1.807, 2.05) is 52.0 Å². The summed E-state index contributed by atoms with van der Waals surface area (Å²) < 4.78 is 6.02. The maximum absolute atomic E-state index is 12.5. The number of carbonyl (C=O) groups is 1. The van der Waals surface area contributed by atoms with Crippen LogP contribution in [-0.4, -0.2) is 16.2 Å². The highest BCUT2D eigenvalue weighted by Crippen LogP contribution is 2.61. The predicted molar refractivity (Wildman–Crippen MR) is 110 cm³/mol. The molecule has 4 aliphatic rings. The van der Waals surface area contributed by atoms with Gasteiger partial charge in [-0.3, -0.25) is 0 Å². The number of allylic oxidation sites excluding steroid dienone is 5.